The Morgan fingerprint density at radius 2 is 1.84 bits per heavy atom. The number of carbonyl (C=O) groups excluding carboxylic acids is 1. The fourth-order valence-corrected chi connectivity index (χ4v) is 4.39. The number of halogens is 3. The van der Waals surface area contributed by atoms with Gasteiger partial charge >= 0.3 is 6.18 Å². The van der Waals surface area contributed by atoms with Crippen molar-refractivity contribution >= 4 is 17.2 Å². The number of methoxy groups -OCH3 is 1. The van der Waals surface area contributed by atoms with E-state index in [0.29, 0.717) is 43.2 Å². The maximum Gasteiger partial charge on any atom is 0.424 e. The maximum atomic E-state index is 13.6. The number of nitrogens with zero attached hydrogens (tertiary/aromatic N) is 3. The summed E-state index contributed by atoms with van der Waals surface area (Å²) in [5.41, 5.74) is -1.73. The lowest BCUT2D eigenvalue weighted by Gasteiger charge is -2.36. The topological polar surface area (TPSA) is 65.9 Å². The highest BCUT2D eigenvalue weighted by atomic mass is 32.1. The number of carbonyl (C=O) groups is 1. The Kier molecular flexibility index (Phi) is 7.23. The number of amides is 1. The van der Waals surface area contributed by atoms with Crippen LogP contribution in [0.2, 0.25) is 0 Å². The molecule has 3 rings (SSSR count). The second-order valence-electron chi connectivity index (χ2n) is 7.65. The second kappa shape index (κ2) is 9.54. The number of aliphatic hydroxyl groups is 1. The first-order chi connectivity index (χ1) is 14.6. The van der Waals surface area contributed by atoms with Crippen LogP contribution in [0.3, 0.4) is 0 Å². The van der Waals surface area contributed by atoms with Crippen LogP contribution in [0.5, 0.6) is 5.75 Å². The number of alkyl halides is 3. The monoisotopic (exact) mass is 457 g/mol. The Morgan fingerprint density at radius 1 is 1.19 bits per heavy atom. The lowest BCUT2D eigenvalue weighted by atomic mass is 9.98. The van der Waals surface area contributed by atoms with Gasteiger partial charge in [0.1, 0.15) is 10.8 Å². The maximum absolute atomic E-state index is 13.6. The Hall–Kier alpha value is -2.17. The van der Waals surface area contributed by atoms with Gasteiger partial charge in [-0.25, -0.2) is 4.98 Å². The zero-order chi connectivity index (χ0) is 22.6. The number of aryl methyl sites for hydroxylation is 1. The molecule has 6 nitrogen and oxygen atoms in total. The minimum atomic E-state index is -4.99. The summed E-state index contributed by atoms with van der Waals surface area (Å²) in [6.07, 6.45) is -5.22. The van der Waals surface area contributed by atoms with Crippen LogP contribution in [0, 0.1) is 6.92 Å². The third-order valence-corrected chi connectivity index (χ3v) is 6.56. The molecule has 31 heavy (non-hydrogen) atoms. The van der Waals surface area contributed by atoms with E-state index < -0.39 is 29.1 Å². The Labute approximate surface area is 183 Å². The van der Waals surface area contributed by atoms with Gasteiger partial charge in [0.2, 0.25) is 11.5 Å². The molecule has 1 amide bonds. The molecule has 0 radical (unpaired) electrons. The molecule has 1 unspecified atom stereocenters. The molecule has 0 bridgehead atoms. The van der Waals surface area contributed by atoms with Crippen molar-refractivity contribution in [2.75, 3.05) is 39.8 Å². The van der Waals surface area contributed by atoms with E-state index in [1.165, 1.54) is 10.3 Å². The number of ether oxygens (including phenoxy) is 1. The largest absolute Gasteiger partial charge is 0.497 e. The zero-order valence-corrected chi connectivity index (χ0v) is 18.3. The minimum absolute atomic E-state index is 0.326. The van der Waals surface area contributed by atoms with Crippen LogP contribution in [-0.4, -0.2) is 71.8 Å². The normalized spacial score (nSPS) is 17.4. The van der Waals surface area contributed by atoms with Gasteiger partial charge in [0, 0.05) is 43.8 Å². The number of piperazine rings is 1. The lowest BCUT2D eigenvalue weighted by molar-refractivity contribution is -0.268. The predicted octanol–water partition coefficient (Wildman–Crippen LogP) is 2.99. The minimum Gasteiger partial charge on any atom is -0.497 e. The summed E-state index contributed by atoms with van der Waals surface area (Å²) in [6, 6.07) is 7.79. The van der Waals surface area contributed by atoms with Crippen molar-refractivity contribution in [1.82, 2.24) is 14.8 Å². The van der Waals surface area contributed by atoms with Crippen molar-refractivity contribution in [3.63, 3.8) is 0 Å². The van der Waals surface area contributed by atoms with E-state index >= 15 is 0 Å². The molecule has 0 saturated carbocycles. The molecule has 10 heteroatoms. The van der Waals surface area contributed by atoms with Crippen molar-refractivity contribution < 1.29 is 27.8 Å². The Balaban J connectivity index is 1.54. The lowest BCUT2D eigenvalue weighted by Crippen LogP contribution is -2.52. The summed E-state index contributed by atoms with van der Waals surface area (Å²) in [5.74, 6) is 0.0742. The molecule has 1 N–H and O–H groups in total. The summed E-state index contributed by atoms with van der Waals surface area (Å²) in [6.45, 7) is 4.13. The van der Waals surface area contributed by atoms with Gasteiger partial charge in [-0.2, -0.15) is 13.2 Å². The standard InChI is InChI=1S/C21H26F3N3O3S/c1-15-14-31-19(25-15)20(29,21(22,23)24)13-18(28)27-11-9-26(10-12-27)8-7-16-3-5-17(30-2)6-4-16/h3-6,14,29H,7-13H2,1-2H3. The first-order valence-corrected chi connectivity index (χ1v) is 10.8. The van der Waals surface area contributed by atoms with E-state index in [0.717, 1.165) is 24.3 Å². The van der Waals surface area contributed by atoms with Gasteiger partial charge in [-0.05, 0) is 31.0 Å². The van der Waals surface area contributed by atoms with E-state index in [2.05, 4.69) is 9.88 Å². The molecule has 1 atom stereocenters. The molecule has 1 fully saturated rings. The van der Waals surface area contributed by atoms with Gasteiger partial charge in [0.05, 0.1) is 13.5 Å². The molecule has 0 spiro atoms. The summed E-state index contributed by atoms with van der Waals surface area (Å²) in [5, 5.41) is 11.3. The highest BCUT2D eigenvalue weighted by molar-refractivity contribution is 7.09. The smallest absolute Gasteiger partial charge is 0.424 e. The van der Waals surface area contributed by atoms with Crippen molar-refractivity contribution in [1.29, 1.82) is 0 Å². The summed E-state index contributed by atoms with van der Waals surface area (Å²) in [7, 11) is 1.61. The molecule has 1 aromatic carbocycles. The van der Waals surface area contributed by atoms with Crippen molar-refractivity contribution in [3.8, 4) is 5.75 Å². The van der Waals surface area contributed by atoms with Crippen LogP contribution in [0.1, 0.15) is 22.7 Å². The second-order valence-corrected chi connectivity index (χ2v) is 8.51. The van der Waals surface area contributed by atoms with Crippen molar-refractivity contribution in [3.05, 3.63) is 45.9 Å². The number of thiazole rings is 1. The number of benzene rings is 1. The summed E-state index contributed by atoms with van der Waals surface area (Å²) < 4.78 is 46.0. The Morgan fingerprint density at radius 3 is 2.35 bits per heavy atom. The van der Waals surface area contributed by atoms with Crippen LogP contribution in [0.25, 0.3) is 0 Å². The number of aromatic nitrogens is 1. The fraction of sp³-hybridized carbons (Fsp3) is 0.524. The molecule has 2 aromatic rings. The van der Waals surface area contributed by atoms with Gasteiger partial charge in [0.15, 0.2) is 0 Å². The van der Waals surface area contributed by atoms with Crippen LogP contribution >= 0.6 is 11.3 Å². The van der Waals surface area contributed by atoms with E-state index in [-0.39, 0.29) is 0 Å². The first kappa shape index (κ1) is 23.5. The van der Waals surface area contributed by atoms with Crippen molar-refractivity contribution in [2.24, 2.45) is 0 Å². The average molecular weight is 458 g/mol. The van der Waals surface area contributed by atoms with Gasteiger partial charge in [-0.3, -0.25) is 9.69 Å². The van der Waals surface area contributed by atoms with Crippen LogP contribution < -0.4 is 4.74 Å². The third kappa shape index (κ3) is 5.55. The quantitative estimate of drug-likeness (QED) is 0.693. The highest BCUT2D eigenvalue weighted by Crippen LogP contribution is 2.43. The predicted molar refractivity (Wildman–Crippen MR) is 111 cm³/mol. The molecule has 1 aliphatic rings. The van der Waals surface area contributed by atoms with Gasteiger partial charge < -0.3 is 14.7 Å². The first-order valence-electron chi connectivity index (χ1n) is 9.97. The molecule has 170 valence electrons. The fourth-order valence-electron chi connectivity index (χ4n) is 3.47. The van der Waals surface area contributed by atoms with Gasteiger partial charge in [-0.15, -0.1) is 11.3 Å². The molecular formula is C21H26F3N3O3S. The highest BCUT2D eigenvalue weighted by Gasteiger charge is 2.58. The van der Waals surface area contributed by atoms with Gasteiger partial charge in [-0.1, -0.05) is 12.1 Å². The SMILES string of the molecule is COc1ccc(CCN2CCN(C(=O)CC(O)(c3nc(C)cs3)C(F)(F)F)CC2)cc1. The Bertz CT molecular complexity index is 880. The summed E-state index contributed by atoms with van der Waals surface area (Å²) in [4.78, 5) is 19.9. The number of hydrogen-bond donors (Lipinski definition) is 1. The number of rotatable bonds is 7. The molecule has 1 aromatic heterocycles. The zero-order valence-electron chi connectivity index (χ0n) is 17.5. The van der Waals surface area contributed by atoms with Crippen molar-refractivity contribution in [2.45, 2.75) is 31.5 Å². The van der Waals surface area contributed by atoms with Crippen LogP contribution in [-0.2, 0) is 16.8 Å². The molecule has 1 saturated heterocycles. The van der Waals surface area contributed by atoms with Crippen LogP contribution in [0.15, 0.2) is 29.6 Å². The average Bonchev–Trinajstić information content (AvgIpc) is 3.19. The molecule has 2 heterocycles. The summed E-state index contributed by atoms with van der Waals surface area (Å²) >= 11 is 0.711. The third-order valence-electron chi connectivity index (χ3n) is 5.45. The van der Waals surface area contributed by atoms with E-state index in [9.17, 15) is 23.1 Å². The number of hydrogen-bond acceptors (Lipinski definition) is 6. The molecule has 0 aliphatic carbocycles. The van der Waals surface area contributed by atoms with E-state index in [1.54, 1.807) is 14.0 Å². The van der Waals surface area contributed by atoms with E-state index in [4.69, 9.17) is 4.74 Å². The van der Waals surface area contributed by atoms with Crippen LogP contribution in [0.4, 0.5) is 13.2 Å². The van der Waals surface area contributed by atoms with E-state index in [1.807, 2.05) is 24.3 Å². The molecule has 1 aliphatic heterocycles. The molecular weight excluding hydrogens is 431 g/mol. The van der Waals surface area contributed by atoms with Gasteiger partial charge in [0.25, 0.3) is 0 Å².